The number of pyridine rings is 1. The van der Waals surface area contributed by atoms with Gasteiger partial charge in [0, 0.05) is 11.8 Å². The molecule has 2 heterocycles. The molecule has 0 unspecified atom stereocenters. The zero-order chi connectivity index (χ0) is 12.4. The van der Waals surface area contributed by atoms with E-state index in [4.69, 9.17) is 5.73 Å². The molecule has 4 nitrogen and oxygen atoms in total. The summed E-state index contributed by atoms with van der Waals surface area (Å²) in [5.74, 6) is 0.865. The number of fused-ring (bicyclic) bond motifs is 1. The first-order chi connectivity index (χ1) is 8.88. The van der Waals surface area contributed by atoms with Crippen molar-refractivity contribution in [3.8, 4) is 11.4 Å². The van der Waals surface area contributed by atoms with Crippen LogP contribution in [0.4, 0.5) is 0 Å². The van der Waals surface area contributed by atoms with E-state index in [0.717, 1.165) is 23.5 Å². The minimum atomic E-state index is 0.657. The summed E-state index contributed by atoms with van der Waals surface area (Å²) in [4.78, 5) is 0. The van der Waals surface area contributed by atoms with Crippen molar-refractivity contribution in [1.29, 1.82) is 0 Å². The van der Waals surface area contributed by atoms with E-state index in [1.807, 2.05) is 40.9 Å². The second kappa shape index (κ2) is 4.58. The summed E-state index contributed by atoms with van der Waals surface area (Å²) in [6.45, 7) is 0.657. The largest absolute Gasteiger partial charge is 0.330 e. The Labute approximate surface area is 105 Å². The highest BCUT2D eigenvalue weighted by Crippen LogP contribution is 2.19. The molecule has 0 bridgehead atoms. The molecular formula is C14H14N4. The molecule has 0 atom stereocenters. The Morgan fingerprint density at radius 1 is 1.06 bits per heavy atom. The third-order valence-electron chi connectivity index (χ3n) is 2.93. The Hall–Kier alpha value is -2.20. The average molecular weight is 238 g/mol. The minimum Gasteiger partial charge on any atom is -0.330 e. The van der Waals surface area contributed by atoms with E-state index >= 15 is 0 Å². The summed E-state index contributed by atoms with van der Waals surface area (Å²) in [6.07, 6.45) is 2.85. The van der Waals surface area contributed by atoms with Crippen LogP contribution in [0.5, 0.6) is 0 Å². The summed E-state index contributed by atoms with van der Waals surface area (Å²) < 4.78 is 1.99. The van der Waals surface area contributed by atoms with Gasteiger partial charge in [-0.2, -0.15) is 0 Å². The van der Waals surface area contributed by atoms with E-state index in [1.54, 1.807) is 0 Å². The number of hydrogen-bond acceptors (Lipinski definition) is 3. The summed E-state index contributed by atoms with van der Waals surface area (Å²) in [5, 5.41) is 8.41. The third-order valence-corrected chi connectivity index (χ3v) is 2.93. The third kappa shape index (κ3) is 1.87. The number of aromatic nitrogens is 3. The molecule has 90 valence electrons. The van der Waals surface area contributed by atoms with Crippen LogP contribution in [0.25, 0.3) is 17.0 Å². The van der Waals surface area contributed by atoms with Crippen molar-refractivity contribution in [2.24, 2.45) is 5.73 Å². The smallest absolute Gasteiger partial charge is 0.168 e. The van der Waals surface area contributed by atoms with Crippen molar-refractivity contribution < 1.29 is 0 Å². The monoisotopic (exact) mass is 238 g/mol. The minimum absolute atomic E-state index is 0.657. The van der Waals surface area contributed by atoms with Crippen LogP contribution in [0, 0.1) is 0 Å². The lowest BCUT2D eigenvalue weighted by Gasteiger charge is -2.03. The molecule has 0 saturated heterocycles. The van der Waals surface area contributed by atoms with Crippen molar-refractivity contribution in [3.05, 3.63) is 54.2 Å². The van der Waals surface area contributed by atoms with Crippen LogP contribution < -0.4 is 5.73 Å². The van der Waals surface area contributed by atoms with Crippen LogP contribution >= 0.6 is 0 Å². The van der Waals surface area contributed by atoms with E-state index in [1.165, 1.54) is 5.56 Å². The fourth-order valence-electron chi connectivity index (χ4n) is 2.07. The molecule has 0 aliphatic rings. The van der Waals surface area contributed by atoms with Crippen LogP contribution in [-0.2, 0) is 6.42 Å². The van der Waals surface area contributed by atoms with Gasteiger partial charge >= 0.3 is 0 Å². The van der Waals surface area contributed by atoms with E-state index in [9.17, 15) is 0 Å². The first-order valence-electron chi connectivity index (χ1n) is 5.97. The number of rotatable bonds is 3. The summed E-state index contributed by atoms with van der Waals surface area (Å²) in [6, 6.07) is 14.2. The number of nitrogens with zero attached hydrogens (tertiary/aromatic N) is 3. The van der Waals surface area contributed by atoms with Gasteiger partial charge in [0.2, 0.25) is 0 Å². The Morgan fingerprint density at radius 3 is 2.89 bits per heavy atom. The van der Waals surface area contributed by atoms with Crippen molar-refractivity contribution >= 4 is 5.65 Å². The van der Waals surface area contributed by atoms with Gasteiger partial charge in [0.25, 0.3) is 0 Å². The van der Waals surface area contributed by atoms with E-state index in [0.29, 0.717) is 6.54 Å². The van der Waals surface area contributed by atoms with Gasteiger partial charge in [0.05, 0.1) is 0 Å². The quantitative estimate of drug-likeness (QED) is 0.758. The lowest BCUT2D eigenvalue weighted by atomic mass is 10.1. The fraction of sp³-hybridized carbons (Fsp3) is 0.143. The topological polar surface area (TPSA) is 56.2 Å². The van der Waals surface area contributed by atoms with Crippen LogP contribution in [0.15, 0.2) is 48.7 Å². The molecule has 3 aromatic rings. The summed E-state index contributed by atoms with van der Waals surface area (Å²) >= 11 is 0. The molecule has 2 aromatic heterocycles. The van der Waals surface area contributed by atoms with Crippen molar-refractivity contribution in [2.45, 2.75) is 6.42 Å². The van der Waals surface area contributed by atoms with E-state index in [2.05, 4.69) is 22.3 Å². The zero-order valence-electron chi connectivity index (χ0n) is 9.95. The van der Waals surface area contributed by atoms with Gasteiger partial charge in [-0.25, -0.2) is 0 Å². The Kier molecular flexibility index (Phi) is 2.78. The molecule has 0 saturated carbocycles. The molecule has 0 spiro atoms. The second-order valence-corrected chi connectivity index (χ2v) is 4.19. The van der Waals surface area contributed by atoms with Crippen molar-refractivity contribution in [2.75, 3.05) is 6.54 Å². The first-order valence-corrected chi connectivity index (χ1v) is 5.97. The Morgan fingerprint density at radius 2 is 2.00 bits per heavy atom. The van der Waals surface area contributed by atoms with Crippen LogP contribution in [-0.4, -0.2) is 21.1 Å². The summed E-state index contributed by atoms with van der Waals surface area (Å²) in [7, 11) is 0. The molecule has 3 rings (SSSR count). The lowest BCUT2D eigenvalue weighted by Crippen LogP contribution is -2.02. The normalized spacial score (nSPS) is 10.9. The SMILES string of the molecule is NCCc1cccc(-c2nnc3ccccn23)c1. The Bertz CT molecular complexity index is 672. The standard InChI is InChI=1S/C14H14N4/c15-8-7-11-4-3-5-12(10-11)14-17-16-13-6-1-2-9-18(13)14/h1-6,9-10H,7-8,15H2. The number of nitrogens with two attached hydrogens (primary N) is 1. The molecule has 0 fully saturated rings. The number of hydrogen-bond donors (Lipinski definition) is 1. The molecule has 4 heteroatoms. The lowest BCUT2D eigenvalue weighted by molar-refractivity contribution is 0.968. The maximum atomic E-state index is 5.59. The van der Waals surface area contributed by atoms with Crippen LogP contribution in [0.3, 0.4) is 0 Å². The molecule has 0 radical (unpaired) electrons. The van der Waals surface area contributed by atoms with Gasteiger partial charge in [-0.15, -0.1) is 10.2 Å². The maximum Gasteiger partial charge on any atom is 0.168 e. The maximum absolute atomic E-state index is 5.59. The fourth-order valence-corrected chi connectivity index (χ4v) is 2.07. The van der Waals surface area contributed by atoms with Crippen LogP contribution in [0.2, 0.25) is 0 Å². The van der Waals surface area contributed by atoms with Gasteiger partial charge < -0.3 is 5.73 Å². The second-order valence-electron chi connectivity index (χ2n) is 4.19. The molecule has 2 N–H and O–H groups in total. The number of benzene rings is 1. The Balaban J connectivity index is 2.11. The van der Waals surface area contributed by atoms with Gasteiger partial charge in [-0.3, -0.25) is 4.40 Å². The van der Waals surface area contributed by atoms with Gasteiger partial charge in [0.1, 0.15) is 0 Å². The zero-order valence-corrected chi connectivity index (χ0v) is 9.95. The van der Waals surface area contributed by atoms with Crippen molar-refractivity contribution in [1.82, 2.24) is 14.6 Å². The molecule has 1 aromatic carbocycles. The van der Waals surface area contributed by atoms with E-state index < -0.39 is 0 Å². The molecule has 0 aliphatic heterocycles. The van der Waals surface area contributed by atoms with E-state index in [-0.39, 0.29) is 0 Å². The average Bonchev–Trinajstić information content (AvgIpc) is 2.83. The first kappa shape index (κ1) is 10.9. The predicted octanol–water partition coefficient (Wildman–Crippen LogP) is 1.90. The highest BCUT2D eigenvalue weighted by atomic mass is 15.2. The van der Waals surface area contributed by atoms with Crippen LogP contribution in [0.1, 0.15) is 5.56 Å². The predicted molar refractivity (Wildman–Crippen MR) is 71.2 cm³/mol. The summed E-state index contributed by atoms with van der Waals surface area (Å²) in [5.41, 5.74) is 8.74. The molecule has 18 heavy (non-hydrogen) atoms. The van der Waals surface area contributed by atoms with Crippen molar-refractivity contribution in [3.63, 3.8) is 0 Å². The molecule has 0 amide bonds. The highest BCUT2D eigenvalue weighted by molar-refractivity contribution is 5.60. The molecular weight excluding hydrogens is 224 g/mol. The van der Waals surface area contributed by atoms with Gasteiger partial charge in [-0.05, 0) is 36.7 Å². The van der Waals surface area contributed by atoms with Gasteiger partial charge in [0.15, 0.2) is 11.5 Å². The highest BCUT2D eigenvalue weighted by Gasteiger charge is 2.07. The van der Waals surface area contributed by atoms with Gasteiger partial charge in [-0.1, -0.05) is 24.3 Å². The molecule has 0 aliphatic carbocycles.